The van der Waals surface area contributed by atoms with Crippen LogP contribution in [0.5, 0.6) is 0 Å². The minimum atomic E-state index is -0.0623. The van der Waals surface area contributed by atoms with Gasteiger partial charge in [0, 0.05) is 21.5 Å². The molecular weight excluding hydrogens is 455 g/mol. The fourth-order valence-corrected chi connectivity index (χ4v) is 5.86. The van der Waals surface area contributed by atoms with Crippen LogP contribution < -0.4 is 0 Å². The summed E-state index contributed by atoms with van der Waals surface area (Å²) in [6.45, 7) is 0. The van der Waals surface area contributed by atoms with Crippen molar-refractivity contribution in [2.45, 2.75) is 12.3 Å². The van der Waals surface area contributed by atoms with E-state index in [1.165, 1.54) is 44.5 Å². The molecule has 0 aliphatic heterocycles. The van der Waals surface area contributed by atoms with Crippen LogP contribution in [0, 0.1) is 0 Å². The number of rotatable bonds is 4. The SMILES string of the molecule is Clc1cccc(Cl)c1C(C1=CCc2ccccc21)C1=C/C(=C/c2ccccc2)c2ccccc21. The Morgan fingerprint density at radius 1 is 0.618 bits per heavy atom. The molecule has 0 bridgehead atoms. The van der Waals surface area contributed by atoms with E-state index in [2.05, 4.69) is 91.0 Å². The average molecular weight is 477 g/mol. The zero-order valence-electron chi connectivity index (χ0n) is 18.5. The highest BCUT2D eigenvalue weighted by Crippen LogP contribution is 2.53. The maximum absolute atomic E-state index is 6.85. The monoisotopic (exact) mass is 476 g/mol. The lowest BCUT2D eigenvalue weighted by atomic mass is 9.80. The summed E-state index contributed by atoms with van der Waals surface area (Å²) >= 11 is 13.7. The largest absolute Gasteiger partial charge is 0.0839 e. The highest BCUT2D eigenvalue weighted by atomic mass is 35.5. The predicted molar refractivity (Wildman–Crippen MR) is 146 cm³/mol. The summed E-state index contributed by atoms with van der Waals surface area (Å²) in [6, 6.07) is 33.6. The number of benzene rings is 4. The molecule has 2 aliphatic carbocycles. The molecule has 4 aromatic rings. The van der Waals surface area contributed by atoms with Crippen LogP contribution in [0.25, 0.3) is 22.8 Å². The van der Waals surface area contributed by atoms with Crippen molar-refractivity contribution in [2.24, 2.45) is 0 Å². The molecule has 2 aliphatic rings. The fraction of sp³-hybridized carbons (Fsp3) is 0.0625. The van der Waals surface area contributed by atoms with Gasteiger partial charge in [0.2, 0.25) is 0 Å². The van der Waals surface area contributed by atoms with Crippen LogP contribution in [0.3, 0.4) is 0 Å². The highest BCUT2D eigenvalue weighted by Gasteiger charge is 2.33. The topological polar surface area (TPSA) is 0 Å². The lowest BCUT2D eigenvalue weighted by Crippen LogP contribution is -2.06. The minimum Gasteiger partial charge on any atom is -0.0839 e. The third kappa shape index (κ3) is 3.64. The van der Waals surface area contributed by atoms with Crippen LogP contribution in [0.2, 0.25) is 10.0 Å². The van der Waals surface area contributed by atoms with E-state index in [9.17, 15) is 0 Å². The van der Waals surface area contributed by atoms with Crippen molar-refractivity contribution in [2.75, 3.05) is 0 Å². The van der Waals surface area contributed by atoms with Gasteiger partial charge in [-0.15, -0.1) is 0 Å². The van der Waals surface area contributed by atoms with Crippen LogP contribution in [-0.2, 0) is 6.42 Å². The number of allylic oxidation sites excluding steroid dienone is 5. The summed E-state index contributed by atoms with van der Waals surface area (Å²) in [4.78, 5) is 0. The van der Waals surface area contributed by atoms with Gasteiger partial charge in [-0.1, -0.05) is 114 Å². The second-order valence-electron chi connectivity index (χ2n) is 8.74. The van der Waals surface area contributed by atoms with Crippen molar-refractivity contribution >= 4 is 46.0 Å². The number of halogens is 2. The minimum absolute atomic E-state index is 0.0623. The summed E-state index contributed by atoms with van der Waals surface area (Å²) in [5.41, 5.74) is 11.0. The first kappa shape index (κ1) is 21.2. The third-order valence-corrected chi connectivity index (χ3v) is 7.42. The molecule has 0 saturated carbocycles. The third-order valence-electron chi connectivity index (χ3n) is 6.76. The van der Waals surface area contributed by atoms with Crippen LogP contribution >= 0.6 is 23.2 Å². The zero-order chi connectivity index (χ0) is 23.1. The molecule has 0 N–H and O–H groups in total. The first-order valence-corrected chi connectivity index (χ1v) is 12.3. The molecular formula is C32H22Cl2. The molecule has 0 amide bonds. The van der Waals surface area contributed by atoms with Crippen molar-refractivity contribution in [3.63, 3.8) is 0 Å². The normalized spacial score (nSPS) is 16.1. The van der Waals surface area contributed by atoms with Crippen LogP contribution in [-0.4, -0.2) is 0 Å². The first-order chi connectivity index (χ1) is 16.7. The Balaban J connectivity index is 1.59. The maximum atomic E-state index is 6.85. The number of hydrogen-bond acceptors (Lipinski definition) is 0. The second kappa shape index (κ2) is 8.80. The molecule has 1 atom stereocenters. The van der Waals surface area contributed by atoms with E-state index in [0.29, 0.717) is 10.0 Å². The Hall–Kier alpha value is -3.32. The van der Waals surface area contributed by atoms with Gasteiger partial charge in [-0.25, -0.2) is 0 Å². The number of hydrogen-bond donors (Lipinski definition) is 0. The Morgan fingerprint density at radius 2 is 1.26 bits per heavy atom. The quantitative estimate of drug-likeness (QED) is 0.275. The van der Waals surface area contributed by atoms with E-state index in [0.717, 1.165) is 12.0 Å². The summed E-state index contributed by atoms with van der Waals surface area (Å²) in [5.74, 6) is -0.0623. The van der Waals surface area contributed by atoms with E-state index >= 15 is 0 Å². The molecule has 1 unspecified atom stereocenters. The Kier molecular flexibility index (Phi) is 5.49. The molecule has 0 heterocycles. The lowest BCUT2D eigenvalue weighted by molar-refractivity contribution is 1.13. The number of fused-ring (bicyclic) bond motifs is 2. The van der Waals surface area contributed by atoms with Gasteiger partial charge in [-0.2, -0.15) is 0 Å². The summed E-state index contributed by atoms with van der Waals surface area (Å²) in [7, 11) is 0. The molecule has 164 valence electrons. The molecule has 0 spiro atoms. The molecule has 34 heavy (non-hydrogen) atoms. The van der Waals surface area contributed by atoms with Gasteiger partial charge < -0.3 is 0 Å². The molecule has 6 rings (SSSR count). The van der Waals surface area contributed by atoms with Crippen LogP contribution in [0.4, 0.5) is 0 Å². The van der Waals surface area contributed by atoms with E-state index in [4.69, 9.17) is 23.2 Å². The van der Waals surface area contributed by atoms with Gasteiger partial charge in [-0.3, -0.25) is 0 Å². The van der Waals surface area contributed by atoms with Crippen molar-refractivity contribution in [1.82, 2.24) is 0 Å². The summed E-state index contributed by atoms with van der Waals surface area (Å²) in [5, 5.41) is 1.39. The van der Waals surface area contributed by atoms with E-state index < -0.39 is 0 Å². The standard InChI is InChI=1S/C32H22Cl2/c33-29-15-8-16-30(34)32(29)31(27-18-17-22-11-4-5-12-24(22)27)28-20-23(19-21-9-2-1-3-10-21)25-13-6-7-14-26(25)28/h1-16,18-20,31H,17H2/b23-19-. The summed E-state index contributed by atoms with van der Waals surface area (Å²) in [6.07, 6.45) is 7.85. The van der Waals surface area contributed by atoms with Gasteiger partial charge >= 0.3 is 0 Å². The van der Waals surface area contributed by atoms with E-state index in [-0.39, 0.29) is 5.92 Å². The Bertz CT molecular complexity index is 1470. The molecule has 0 nitrogen and oxygen atoms in total. The van der Waals surface area contributed by atoms with Crippen molar-refractivity contribution in [1.29, 1.82) is 0 Å². The Morgan fingerprint density at radius 3 is 2.03 bits per heavy atom. The molecule has 0 saturated heterocycles. The van der Waals surface area contributed by atoms with Crippen LogP contribution in [0.15, 0.2) is 109 Å². The summed E-state index contributed by atoms with van der Waals surface area (Å²) < 4.78 is 0. The molecule has 2 heteroatoms. The zero-order valence-corrected chi connectivity index (χ0v) is 20.0. The maximum Gasteiger partial charge on any atom is 0.0462 e. The van der Waals surface area contributed by atoms with Crippen LogP contribution in [0.1, 0.15) is 39.3 Å². The van der Waals surface area contributed by atoms with Gasteiger partial charge in [0.1, 0.15) is 0 Å². The first-order valence-electron chi connectivity index (χ1n) is 11.5. The predicted octanol–water partition coefficient (Wildman–Crippen LogP) is 9.35. The van der Waals surface area contributed by atoms with Gasteiger partial charge in [0.05, 0.1) is 0 Å². The lowest BCUT2D eigenvalue weighted by Gasteiger charge is -2.25. The fourth-order valence-electron chi connectivity index (χ4n) is 5.24. The average Bonchev–Trinajstić information content (AvgIpc) is 3.44. The highest BCUT2D eigenvalue weighted by molar-refractivity contribution is 6.36. The smallest absolute Gasteiger partial charge is 0.0462 e. The van der Waals surface area contributed by atoms with Crippen molar-refractivity contribution in [3.8, 4) is 0 Å². The second-order valence-corrected chi connectivity index (χ2v) is 9.56. The molecule has 0 radical (unpaired) electrons. The van der Waals surface area contributed by atoms with E-state index in [1.54, 1.807) is 0 Å². The van der Waals surface area contributed by atoms with E-state index in [1.807, 2.05) is 24.3 Å². The van der Waals surface area contributed by atoms with Crippen molar-refractivity contribution < 1.29 is 0 Å². The van der Waals surface area contributed by atoms with Gasteiger partial charge in [-0.05, 0) is 75.2 Å². The molecule has 4 aromatic carbocycles. The van der Waals surface area contributed by atoms with Crippen molar-refractivity contribution in [3.05, 3.63) is 153 Å². The molecule has 0 fully saturated rings. The van der Waals surface area contributed by atoms with Gasteiger partial charge in [0.25, 0.3) is 0 Å². The van der Waals surface area contributed by atoms with Gasteiger partial charge in [0.15, 0.2) is 0 Å². The molecule has 0 aromatic heterocycles. The Labute approximate surface area is 210 Å².